The fraction of sp³-hybridized carbons (Fsp3) is 0.500. The Balaban J connectivity index is 1.39. The maximum atomic E-state index is 12.5. The number of amides is 1. The molecule has 1 saturated carbocycles. The molecule has 1 aromatic heterocycles. The van der Waals surface area contributed by atoms with Crippen molar-refractivity contribution in [2.45, 2.75) is 32.2 Å². The smallest absolute Gasteiger partial charge is 0.257 e. The molecule has 1 saturated heterocycles. The Morgan fingerprint density at radius 1 is 1.36 bits per heavy atom. The third-order valence-corrected chi connectivity index (χ3v) is 5.64. The summed E-state index contributed by atoms with van der Waals surface area (Å²) in [5.41, 5.74) is 1.03. The molecule has 0 bridgehead atoms. The van der Waals surface area contributed by atoms with Crippen LogP contribution in [-0.4, -0.2) is 29.1 Å². The summed E-state index contributed by atoms with van der Waals surface area (Å²) in [6, 6.07) is 6.92. The van der Waals surface area contributed by atoms with Gasteiger partial charge in [-0.05, 0) is 69.0 Å². The van der Waals surface area contributed by atoms with Gasteiger partial charge in [-0.1, -0.05) is 16.8 Å². The van der Waals surface area contributed by atoms with Crippen LogP contribution in [0.4, 0.5) is 0 Å². The maximum Gasteiger partial charge on any atom is 0.257 e. The second-order valence-corrected chi connectivity index (χ2v) is 7.50. The van der Waals surface area contributed by atoms with E-state index in [9.17, 15) is 4.79 Å². The van der Waals surface area contributed by atoms with E-state index in [-0.39, 0.29) is 23.3 Å². The van der Waals surface area contributed by atoms with Gasteiger partial charge in [0.05, 0.1) is 6.04 Å². The average Bonchev–Trinajstić information content (AvgIpc) is 3.07. The van der Waals surface area contributed by atoms with Crippen molar-refractivity contribution in [3.63, 3.8) is 0 Å². The van der Waals surface area contributed by atoms with Gasteiger partial charge in [-0.3, -0.25) is 4.79 Å². The van der Waals surface area contributed by atoms with Gasteiger partial charge in [-0.25, -0.2) is 0 Å². The van der Waals surface area contributed by atoms with Crippen LogP contribution in [-0.2, 0) is 4.79 Å². The Morgan fingerprint density at radius 3 is 2.80 bits per heavy atom. The SMILES string of the molecule is CC(NC(=O)C1CC12CCNCC2)c1noc(-c2ccc(Cl)cc2)n1. The molecule has 1 amide bonds. The third-order valence-electron chi connectivity index (χ3n) is 5.38. The number of nitrogens with zero attached hydrogens (tertiary/aromatic N) is 2. The zero-order valence-corrected chi connectivity index (χ0v) is 14.8. The van der Waals surface area contributed by atoms with Gasteiger partial charge in [0.2, 0.25) is 5.91 Å². The number of carbonyl (C=O) groups is 1. The first-order chi connectivity index (χ1) is 12.1. The van der Waals surface area contributed by atoms with Gasteiger partial charge in [-0.15, -0.1) is 0 Å². The summed E-state index contributed by atoms with van der Waals surface area (Å²) in [6.07, 6.45) is 3.17. The highest BCUT2D eigenvalue weighted by atomic mass is 35.5. The fourth-order valence-corrected chi connectivity index (χ4v) is 3.82. The lowest BCUT2D eigenvalue weighted by Gasteiger charge is -2.23. The van der Waals surface area contributed by atoms with Gasteiger partial charge < -0.3 is 15.2 Å². The van der Waals surface area contributed by atoms with Crippen molar-refractivity contribution < 1.29 is 9.32 Å². The van der Waals surface area contributed by atoms with E-state index in [0.29, 0.717) is 16.7 Å². The van der Waals surface area contributed by atoms with Crippen LogP contribution in [0.5, 0.6) is 0 Å². The first kappa shape index (κ1) is 16.5. The molecule has 1 spiro atoms. The molecule has 1 aromatic carbocycles. The molecule has 2 aromatic rings. The molecule has 2 fully saturated rings. The minimum Gasteiger partial charge on any atom is -0.346 e. The average molecular weight is 361 g/mol. The zero-order valence-electron chi connectivity index (χ0n) is 14.1. The van der Waals surface area contributed by atoms with Gasteiger partial charge in [0.1, 0.15) is 0 Å². The lowest BCUT2D eigenvalue weighted by molar-refractivity contribution is -0.124. The van der Waals surface area contributed by atoms with Crippen molar-refractivity contribution in [1.29, 1.82) is 0 Å². The number of halogens is 1. The summed E-state index contributed by atoms with van der Waals surface area (Å²) in [4.78, 5) is 16.9. The molecule has 2 N–H and O–H groups in total. The second kappa shape index (κ2) is 6.42. The maximum absolute atomic E-state index is 12.5. The quantitative estimate of drug-likeness (QED) is 0.876. The lowest BCUT2D eigenvalue weighted by atomic mass is 9.91. The number of aromatic nitrogens is 2. The third kappa shape index (κ3) is 3.28. The summed E-state index contributed by atoms with van der Waals surface area (Å²) in [7, 11) is 0. The lowest BCUT2D eigenvalue weighted by Crippen LogP contribution is -2.34. The fourth-order valence-electron chi connectivity index (χ4n) is 3.69. The monoisotopic (exact) mass is 360 g/mol. The highest BCUT2D eigenvalue weighted by Crippen LogP contribution is 2.58. The van der Waals surface area contributed by atoms with Crippen molar-refractivity contribution in [3.8, 4) is 11.5 Å². The van der Waals surface area contributed by atoms with E-state index in [1.807, 2.05) is 19.1 Å². The second-order valence-electron chi connectivity index (χ2n) is 7.06. The summed E-state index contributed by atoms with van der Waals surface area (Å²) < 4.78 is 5.32. The number of piperidine rings is 1. The number of rotatable bonds is 4. The number of hydrogen-bond acceptors (Lipinski definition) is 5. The summed E-state index contributed by atoms with van der Waals surface area (Å²) in [5.74, 6) is 1.14. The van der Waals surface area contributed by atoms with Gasteiger partial charge in [0, 0.05) is 16.5 Å². The van der Waals surface area contributed by atoms with Crippen molar-refractivity contribution >= 4 is 17.5 Å². The summed E-state index contributed by atoms with van der Waals surface area (Å²) in [5, 5.41) is 11.1. The summed E-state index contributed by atoms with van der Waals surface area (Å²) in [6.45, 7) is 3.90. The molecule has 132 valence electrons. The van der Waals surface area contributed by atoms with E-state index in [2.05, 4.69) is 20.8 Å². The summed E-state index contributed by atoms with van der Waals surface area (Å²) >= 11 is 5.89. The van der Waals surface area contributed by atoms with E-state index in [0.717, 1.165) is 37.9 Å². The van der Waals surface area contributed by atoms with E-state index >= 15 is 0 Å². The molecule has 1 aliphatic carbocycles. The standard InChI is InChI=1S/C18H21ClN4O2/c1-11(21-16(24)14-10-18(14)6-8-20-9-7-18)15-22-17(25-23-15)12-2-4-13(19)5-3-12/h2-5,11,14,20H,6-10H2,1H3,(H,21,24). The predicted molar refractivity (Wildman–Crippen MR) is 93.9 cm³/mol. The van der Waals surface area contributed by atoms with Crippen molar-refractivity contribution in [1.82, 2.24) is 20.8 Å². The van der Waals surface area contributed by atoms with E-state index < -0.39 is 0 Å². The number of nitrogens with one attached hydrogen (secondary N) is 2. The molecule has 1 aliphatic heterocycles. The van der Waals surface area contributed by atoms with Gasteiger partial charge >= 0.3 is 0 Å². The first-order valence-electron chi connectivity index (χ1n) is 8.68. The van der Waals surface area contributed by atoms with Crippen molar-refractivity contribution in [2.75, 3.05) is 13.1 Å². The van der Waals surface area contributed by atoms with Gasteiger partial charge in [-0.2, -0.15) is 4.98 Å². The molecule has 6 nitrogen and oxygen atoms in total. The van der Waals surface area contributed by atoms with Crippen LogP contribution >= 0.6 is 11.6 Å². The number of carbonyl (C=O) groups excluding carboxylic acids is 1. The van der Waals surface area contributed by atoms with Crippen LogP contribution in [0.2, 0.25) is 5.02 Å². The molecule has 7 heteroatoms. The number of benzene rings is 1. The van der Waals surface area contributed by atoms with Crippen LogP contribution in [0, 0.1) is 11.3 Å². The van der Waals surface area contributed by atoms with E-state index in [4.69, 9.17) is 16.1 Å². The Bertz CT molecular complexity index is 768. The van der Waals surface area contributed by atoms with Crippen LogP contribution in [0.1, 0.15) is 38.1 Å². The molecular weight excluding hydrogens is 340 g/mol. The first-order valence-corrected chi connectivity index (χ1v) is 9.06. The van der Waals surface area contributed by atoms with Crippen LogP contribution in [0.25, 0.3) is 11.5 Å². The van der Waals surface area contributed by atoms with E-state index in [1.54, 1.807) is 12.1 Å². The van der Waals surface area contributed by atoms with Crippen LogP contribution in [0.15, 0.2) is 28.8 Å². The Kier molecular flexibility index (Phi) is 4.25. The van der Waals surface area contributed by atoms with Crippen LogP contribution < -0.4 is 10.6 Å². The molecule has 0 radical (unpaired) electrons. The predicted octanol–water partition coefficient (Wildman–Crippen LogP) is 2.96. The molecular formula is C18H21ClN4O2. The highest BCUT2D eigenvalue weighted by Gasteiger charge is 2.57. The topological polar surface area (TPSA) is 80.0 Å². The normalized spacial score (nSPS) is 22.6. The molecule has 2 atom stereocenters. The Hall–Kier alpha value is -1.92. The Morgan fingerprint density at radius 2 is 2.08 bits per heavy atom. The zero-order chi connectivity index (χ0) is 17.4. The van der Waals surface area contributed by atoms with Gasteiger partial charge in [0.15, 0.2) is 5.82 Å². The van der Waals surface area contributed by atoms with Crippen molar-refractivity contribution in [2.24, 2.45) is 11.3 Å². The van der Waals surface area contributed by atoms with Crippen molar-refractivity contribution in [3.05, 3.63) is 35.1 Å². The molecule has 2 heterocycles. The Labute approximate surface area is 151 Å². The van der Waals surface area contributed by atoms with Gasteiger partial charge in [0.25, 0.3) is 5.89 Å². The molecule has 4 rings (SSSR count). The molecule has 2 aliphatic rings. The largest absolute Gasteiger partial charge is 0.346 e. The van der Waals surface area contributed by atoms with E-state index in [1.165, 1.54) is 0 Å². The molecule has 2 unspecified atom stereocenters. The minimum absolute atomic E-state index is 0.104. The highest BCUT2D eigenvalue weighted by molar-refractivity contribution is 6.30. The molecule has 25 heavy (non-hydrogen) atoms. The number of hydrogen-bond donors (Lipinski definition) is 2. The van der Waals surface area contributed by atoms with Crippen LogP contribution in [0.3, 0.4) is 0 Å². The minimum atomic E-state index is -0.281.